The maximum absolute atomic E-state index is 11.0. The van der Waals surface area contributed by atoms with Gasteiger partial charge in [0.05, 0.1) is 12.1 Å². The van der Waals surface area contributed by atoms with E-state index < -0.39 is 5.97 Å². The average molecular weight is 244 g/mol. The van der Waals surface area contributed by atoms with Crippen LogP contribution in [-0.4, -0.2) is 29.9 Å². The molecule has 0 radical (unpaired) electrons. The fraction of sp³-hybridized carbons (Fsp3) is 0.429. The second-order valence-electron chi connectivity index (χ2n) is 5.01. The van der Waals surface area contributed by atoms with Gasteiger partial charge >= 0.3 is 5.97 Å². The highest BCUT2D eigenvalue weighted by atomic mass is 16.4. The second-order valence-corrected chi connectivity index (χ2v) is 5.01. The first-order valence-electron chi connectivity index (χ1n) is 6.32. The standard InChI is InChI=1S/C14H16N2O2/c17-13(18)8-12-14(6-3-7-15-9-14)10-4-1-2-5-11(10)16-12/h1-2,4-5,15H,3,6-9H2,(H,17,18). The molecule has 0 saturated carbocycles. The Bertz CT molecular complexity index is 516. The topological polar surface area (TPSA) is 61.7 Å². The first-order valence-corrected chi connectivity index (χ1v) is 6.32. The molecule has 18 heavy (non-hydrogen) atoms. The molecule has 1 aromatic carbocycles. The van der Waals surface area contributed by atoms with Gasteiger partial charge in [0.15, 0.2) is 0 Å². The van der Waals surface area contributed by atoms with Gasteiger partial charge < -0.3 is 10.4 Å². The fourth-order valence-electron chi connectivity index (χ4n) is 3.12. The molecule has 0 bridgehead atoms. The van der Waals surface area contributed by atoms with E-state index in [1.807, 2.05) is 18.2 Å². The molecule has 0 amide bonds. The van der Waals surface area contributed by atoms with E-state index in [0.717, 1.165) is 37.3 Å². The van der Waals surface area contributed by atoms with E-state index in [1.54, 1.807) is 0 Å². The van der Waals surface area contributed by atoms with E-state index in [4.69, 9.17) is 5.11 Å². The van der Waals surface area contributed by atoms with E-state index in [0.29, 0.717) is 0 Å². The first kappa shape index (κ1) is 11.4. The summed E-state index contributed by atoms with van der Waals surface area (Å²) in [5.41, 5.74) is 2.75. The largest absolute Gasteiger partial charge is 0.481 e. The van der Waals surface area contributed by atoms with Crippen molar-refractivity contribution in [2.45, 2.75) is 24.7 Å². The number of rotatable bonds is 2. The Labute approximate surface area is 106 Å². The Balaban J connectivity index is 2.06. The Morgan fingerprint density at radius 1 is 1.44 bits per heavy atom. The highest BCUT2D eigenvalue weighted by molar-refractivity contribution is 6.09. The van der Waals surface area contributed by atoms with Crippen molar-refractivity contribution in [1.29, 1.82) is 0 Å². The van der Waals surface area contributed by atoms with Gasteiger partial charge in [0.25, 0.3) is 0 Å². The smallest absolute Gasteiger partial charge is 0.309 e. The minimum Gasteiger partial charge on any atom is -0.481 e. The Morgan fingerprint density at radius 2 is 2.28 bits per heavy atom. The number of hydrogen-bond donors (Lipinski definition) is 2. The van der Waals surface area contributed by atoms with Gasteiger partial charge in [-0.1, -0.05) is 18.2 Å². The highest BCUT2D eigenvalue weighted by Gasteiger charge is 2.44. The molecule has 1 saturated heterocycles. The molecule has 3 rings (SSSR count). The number of carbonyl (C=O) groups is 1. The number of fused-ring (bicyclic) bond motifs is 2. The third-order valence-electron chi connectivity index (χ3n) is 3.93. The number of hydrogen-bond acceptors (Lipinski definition) is 3. The van der Waals surface area contributed by atoms with Crippen LogP contribution in [0.2, 0.25) is 0 Å². The van der Waals surface area contributed by atoms with Crippen LogP contribution >= 0.6 is 0 Å². The van der Waals surface area contributed by atoms with Crippen LogP contribution in [0.4, 0.5) is 5.69 Å². The van der Waals surface area contributed by atoms with Crippen LogP contribution in [0.5, 0.6) is 0 Å². The summed E-state index contributed by atoms with van der Waals surface area (Å²) >= 11 is 0. The Morgan fingerprint density at radius 3 is 3.00 bits per heavy atom. The summed E-state index contributed by atoms with van der Waals surface area (Å²) < 4.78 is 0. The number of aliphatic imine (C=N–C) groups is 1. The predicted octanol–water partition coefficient (Wildman–Crippen LogP) is 1.87. The van der Waals surface area contributed by atoms with Gasteiger partial charge in [-0.05, 0) is 31.0 Å². The highest BCUT2D eigenvalue weighted by Crippen LogP contribution is 2.44. The van der Waals surface area contributed by atoms with Crippen LogP contribution in [0.3, 0.4) is 0 Å². The molecule has 4 heteroatoms. The third kappa shape index (κ3) is 1.64. The van der Waals surface area contributed by atoms with Crippen LogP contribution in [0.15, 0.2) is 29.3 Å². The first-order chi connectivity index (χ1) is 8.72. The molecule has 1 fully saturated rings. The lowest BCUT2D eigenvalue weighted by Crippen LogP contribution is -2.47. The number of nitrogens with zero attached hydrogens (tertiary/aromatic N) is 1. The summed E-state index contributed by atoms with van der Waals surface area (Å²) in [4.78, 5) is 15.6. The van der Waals surface area contributed by atoms with Crippen LogP contribution in [0.25, 0.3) is 0 Å². The quantitative estimate of drug-likeness (QED) is 0.834. The summed E-state index contributed by atoms with van der Waals surface area (Å²) in [5, 5.41) is 12.5. The average Bonchev–Trinajstić information content (AvgIpc) is 2.65. The minimum absolute atomic E-state index is 0.0381. The molecule has 1 unspecified atom stereocenters. The predicted molar refractivity (Wildman–Crippen MR) is 69.6 cm³/mol. The van der Waals surface area contributed by atoms with Gasteiger partial charge in [0, 0.05) is 17.7 Å². The molecule has 2 aliphatic heterocycles. The van der Waals surface area contributed by atoms with E-state index >= 15 is 0 Å². The molecule has 2 N–H and O–H groups in total. The molecule has 2 heterocycles. The normalized spacial score (nSPS) is 25.9. The number of carboxylic acid groups (broad SMARTS) is 1. The molecule has 0 aromatic heterocycles. The van der Waals surface area contributed by atoms with E-state index in [2.05, 4.69) is 16.4 Å². The van der Waals surface area contributed by atoms with Gasteiger partial charge in [0.1, 0.15) is 0 Å². The molecule has 1 aromatic rings. The maximum Gasteiger partial charge on any atom is 0.309 e. The summed E-state index contributed by atoms with van der Waals surface area (Å²) in [7, 11) is 0. The second kappa shape index (κ2) is 4.21. The zero-order valence-corrected chi connectivity index (χ0v) is 10.1. The SMILES string of the molecule is O=C(O)CC1=Nc2ccccc2C12CCCNC2. The third-order valence-corrected chi connectivity index (χ3v) is 3.93. The van der Waals surface area contributed by atoms with Crippen molar-refractivity contribution < 1.29 is 9.90 Å². The molecular weight excluding hydrogens is 228 g/mol. The Kier molecular flexibility index (Phi) is 2.67. The van der Waals surface area contributed by atoms with Crippen LogP contribution in [0, 0.1) is 0 Å². The molecular formula is C14H16N2O2. The van der Waals surface area contributed by atoms with Gasteiger partial charge in [0.2, 0.25) is 0 Å². The summed E-state index contributed by atoms with van der Waals surface area (Å²) in [5.74, 6) is -0.800. The molecule has 4 nitrogen and oxygen atoms in total. The lowest BCUT2D eigenvalue weighted by molar-refractivity contribution is -0.135. The van der Waals surface area contributed by atoms with Crippen molar-refractivity contribution in [3.8, 4) is 0 Å². The fourth-order valence-corrected chi connectivity index (χ4v) is 3.12. The number of nitrogens with one attached hydrogen (secondary N) is 1. The summed E-state index contributed by atoms with van der Waals surface area (Å²) in [6.07, 6.45) is 2.09. The van der Waals surface area contributed by atoms with Gasteiger partial charge in [-0.3, -0.25) is 9.79 Å². The number of aliphatic carboxylic acids is 1. The monoisotopic (exact) mass is 244 g/mol. The summed E-state index contributed by atoms with van der Waals surface area (Å²) in [6.45, 7) is 1.81. The van der Waals surface area contributed by atoms with Crippen molar-refractivity contribution in [3.05, 3.63) is 29.8 Å². The van der Waals surface area contributed by atoms with Crippen molar-refractivity contribution in [2.24, 2.45) is 4.99 Å². The number of benzene rings is 1. The molecule has 2 aliphatic rings. The van der Waals surface area contributed by atoms with Gasteiger partial charge in [-0.25, -0.2) is 0 Å². The van der Waals surface area contributed by atoms with Gasteiger partial charge in [-0.2, -0.15) is 0 Å². The van der Waals surface area contributed by atoms with Crippen molar-refractivity contribution in [3.63, 3.8) is 0 Å². The van der Waals surface area contributed by atoms with Crippen molar-refractivity contribution in [2.75, 3.05) is 13.1 Å². The zero-order valence-electron chi connectivity index (χ0n) is 10.1. The van der Waals surface area contributed by atoms with Crippen molar-refractivity contribution >= 4 is 17.4 Å². The Hall–Kier alpha value is -1.68. The number of para-hydroxylation sites is 1. The number of piperidine rings is 1. The van der Waals surface area contributed by atoms with E-state index in [1.165, 1.54) is 5.56 Å². The number of carboxylic acids is 1. The van der Waals surface area contributed by atoms with Crippen molar-refractivity contribution in [1.82, 2.24) is 5.32 Å². The lowest BCUT2D eigenvalue weighted by Gasteiger charge is -2.36. The van der Waals surface area contributed by atoms with Crippen LogP contribution in [-0.2, 0) is 10.2 Å². The maximum atomic E-state index is 11.0. The van der Waals surface area contributed by atoms with Gasteiger partial charge in [-0.15, -0.1) is 0 Å². The summed E-state index contributed by atoms with van der Waals surface area (Å²) in [6, 6.07) is 8.02. The van der Waals surface area contributed by atoms with E-state index in [9.17, 15) is 4.79 Å². The lowest BCUT2D eigenvalue weighted by atomic mass is 9.71. The minimum atomic E-state index is -0.800. The molecule has 0 aliphatic carbocycles. The van der Waals surface area contributed by atoms with E-state index in [-0.39, 0.29) is 11.8 Å². The van der Waals surface area contributed by atoms with Crippen LogP contribution in [0.1, 0.15) is 24.8 Å². The van der Waals surface area contributed by atoms with Crippen LogP contribution < -0.4 is 5.32 Å². The molecule has 1 spiro atoms. The molecule has 94 valence electrons. The zero-order chi connectivity index (χ0) is 12.6. The molecule has 1 atom stereocenters.